The Morgan fingerprint density at radius 1 is 1.19 bits per heavy atom. The third kappa shape index (κ3) is 4.86. The van der Waals surface area contributed by atoms with E-state index in [2.05, 4.69) is 26.2 Å². The number of fused-ring (bicyclic) bond motifs is 1. The van der Waals surface area contributed by atoms with Gasteiger partial charge in [0.1, 0.15) is 0 Å². The molecule has 5 nitrogen and oxygen atoms in total. The summed E-state index contributed by atoms with van der Waals surface area (Å²) in [6.45, 7) is 10.2. The van der Waals surface area contributed by atoms with Gasteiger partial charge >= 0.3 is 0 Å². The van der Waals surface area contributed by atoms with Gasteiger partial charge in [0.2, 0.25) is 5.91 Å². The zero-order chi connectivity index (χ0) is 18.7. The highest BCUT2D eigenvalue weighted by molar-refractivity contribution is 6.31. The Labute approximate surface area is 160 Å². The fourth-order valence-electron chi connectivity index (χ4n) is 3.41. The van der Waals surface area contributed by atoms with Crippen LogP contribution in [0.1, 0.15) is 27.2 Å². The molecule has 3 rings (SSSR count). The Bertz CT molecular complexity index is 787. The van der Waals surface area contributed by atoms with Gasteiger partial charge in [-0.25, -0.2) is 0 Å². The molecule has 26 heavy (non-hydrogen) atoms. The fourth-order valence-corrected chi connectivity index (χ4v) is 3.58. The monoisotopic (exact) mass is 374 g/mol. The van der Waals surface area contributed by atoms with Gasteiger partial charge in [-0.15, -0.1) is 0 Å². The third-order valence-electron chi connectivity index (χ3n) is 4.49. The topological polar surface area (TPSA) is 48.5 Å². The number of hydrogen-bond acceptors (Lipinski definition) is 4. The van der Waals surface area contributed by atoms with Crippen LogP contribution in [0.15, 0.2) is 30.5 Å². The van der Waals surface area contributed by atoms with Gasteiger partial charge in [0.05, 0.1) is 12.1 Å². The van der Waals surface area contributed by atoms with Crippen molar-refractivity contribution in [3.05, 3.63) is 35.5 Å². The maximum absolute atomic E-state index is 12.2. The van der Waals surface area contributed by atoms with E-state index in [9.17, 15) is 4.79 Å². The smallest absolute Gasteiger partial charge is 0.234 e. The molecular formula is C20H27ClN4O. The first-order valence-corrected chi connectivity index (χ1v) is 9.52. The van der Waals surface area contributed by atoms with Crippen LogP contribution in [0.3, 0.4) is 0 Å². The number of rotatable bonds is 3. The van der Waals surface area contributed by atoms with Crippen molar-refractivity contribution in [2.45, 2.75) is 32.7 Å². The molecule has 1 N–H and O–H groups in total. The lowest BCUT2D eigenvalue weighted by molar-refractivity contribution is -0.123. The van der Waals surface area contributed by atoms with Crippen molar-refractivity contribution < 1.29 is 4.79 Å². The molecule has 2 heterocycles. The fraction of sp³-hybridized carbons (Fsp3) is 0.500. The van der Waals surface area contributed by atoms with Crippen molar-refractivity contribution in [2.24, 2.45) is 0 Å². The molecule has 140 valence electrons. The first-order valence-electron chi connectivity index (χ1n) is 9.14. The number of carbonyl (C=O) groups is 1. The van der Waals surface area contributed by atoms with E-state index in [0.717, 1.165) is 43.5 Å². The van der Waals surface area contributed by atoms with Gasteiger partial charge in [-0.05, 0) is 51.5 Å². The summed E-state index contributed by atoms with van der Waals surface area (Å²) in [5.74, 6) is 0.0925. The van der Waals surface area contributed by atoms with Crippen molar-refractivity contribution in [1.29, 1.82) is 0 Å². The van der Waals surface area contributed by atoms with Gasteiger partial charge in [-0.2, -0.15) is 0 Å². The van der Waals surface area contributed by atoms with Crippen LogP contribution < -0.4 is 10.2 Å². The van der Waals surface area contributed by atoms with E-state index in [1.807, 2.05) is 45.2 Å². The van der Waals surface area contributed by atoms with Crippen molar-refractivity contribution >= 4 is 34.1 Å². The van der Waals surface area contributed by atoms with Gasteiger partial charge < -0.3 is 10.2 Å². The normalized spacial score (nSPS) is 16.5. The molecule has 1 aromatic carbocycles. The number of carbonyl (C=O) groups excluding carboxylic acids is 1. The van der Waals surface area contributed by atoms with E-state index < -0.39 is 0 Å². The third-order valence-corrected chi connectivity index (χ3v) is 4.73. The highest BCUT2D eigenvalue weighted by Crippen LogP contribution is 2.28. The minimum Gasteiger partial charge on any atom is -0.370 e. The maximum atomic E-state index is 12.2. The van der Waals surface area contributed by atoms with E-state index in [1.165, 1.54) is 5.69 Å². The standard InChI is InChI=1S/C20H27ClN4O/c1-20(2,3)23-19(26)14-24-9-4-10-25(12-11-24)18-7-8-22-17-13-15(21)5-6-16(17)18/h5-8,13H,4,9-12,14H2,1-3H3,(H,23,26). The van der Waals surface area contributed by atoms with E-state index >= 15 is 0 Å². The number of pyridine rings is 1. The highest BCUT2D eigenvalue weighted by Gasteiger charge is 2.20. The molecule has 0 atom stereocenters. The number of halogens is 1. The lowest BCUT2D eigenvalue weighted by Crippen LogP contribution is -2.46. The Morgan fingerprint density at radius 2 is 2.00 bits per heavy atom. The average molecular weight is 375 g/mol. The largest absolute Gasteiger partial charge is 0.370 e. The molecule has 0 radical (unpaired) electrons. The highest BCUT2D eigenvalue weighted by atomic mass is 35.5. The zero-order valence-electron chi connectivity index (χ0n) is 15.8. The Balaban J connectivity index is 1.69. The summed E-state index contributed by atoms with van der Waals surface area (Å²) in [4.78, 5) is 21.3. The maximum Gasteiger partial charge on any atom is 0.234 e. The summed E-state index contributed by atoms with van der Waals surface area (Å²) in [6.07, 6.45) is 2.87. The van der Waals surface area contributed by atoms with Gasteiger partial charge in [0.15, 0.2) is 0 Å². The van der Waals surface area contributed by atoms with Crippen molar-refractivity contribution in [3.63, 3.8) is 0 Å². The SMILES string of the molecule is CC(C)(C)NC(=O)CN1CCCN(c2ccnc3cc(Cl)ccc23)CC1. The number of hydrogen-bond donors (Lipinski definition) is 1. The predicted octanol–water partition coefficient (Wildman–Crippen LogP) is 3.32. The molecule has 0 unspecified atom stereocenters. The average Bonchev–Trinajstić information content (AvgIpc) is 2.77. The van der Waals surface area contributed by atoms with Crippen molar-refractivity contribution in [1.82, 2.24) is 15.2 Å². The van der Waals surface area contributed by atoms with Crippen LogP contribution in [0, 0.1) is 0 Å². The lowest BCUT2D eigenvalue weighted by atomic mass is 10.1. The van der Waals surface area contributed by atoms with Crippen molar-refractivity contribution in [2.75, 3.05) is 37.6 Å². The Kier molecular flexibility index (Phi) is 5.68. The number of anilines is 1. The minimum absolute atomic E-state index is 0.0925. The molecular weight excluding hydrogens is 348 g/mol. The number of nitrogens with one attached hydrogen (secondary N) is 1. The summed E-state index contributed by atoms with van der Waals surface area (Å²) in [5, 5.41) is 4.87. The van der Waals surface area contributed by atoms with Crippen molar-refractivity contribution in [3.8, 4) is 0 Å². The van der Waals surface area contributed by atoms with Crippen LogP contribution >= 0.6 is 11.6 Å². The van der Waals surface area contributed by atoms with Crippen LogP contribution in [-0.2, 0) is 4.79 Å². The van der Waals surface area contributed by atoms with Gasteiger partial charge in [-0.1, -0.05) is 11.6 Å². The molecule has 0 aliphatic carbocycles. The van der Waals surface area contributed by atoms with Crippen LogP contribution in [0.25, 0.3) is 10.9 Å². The molecule has 6 heteroatoms. The van der Waals surface area contributed by atoms with E-state index in [1.54, 1.807) is 0 Å². The predicted molar refractivity (Wildman–Crippen MR) is 108 cm³/mol. The lowest BCUT2D eigenvalue weighted by Gasteiger charge is -2.26. The van der Waals surface area contributed by atoms with Crippen LogP contribution in [-0.4, -0.2) is 54.1 Å². The molecule has 1 saturated heterocycles. The Hall–Kier alpha value is -1.85. The molecule has 0 bridgehead atoms. The van der Waals surface area contributed by atoms with Crippen LogP contribution in [0.4, 0.5) is 5.69 Å². The molecule has 1 aromatic heterocycles. The summed E-state index contributed by atoms with van der Waals surface area (Å²) < 4.78 is 0. The van der Waals surface area contributed by atoms with E-state index in [0.29, 0.717) is 11.6 Å². The summed E-state index contributed by atoms with van der Waals surface area (Å²) in [5.41, 5.74) is 1.92. The van der Waals surface area contributed by atoms with Crippen LogP contribution in [0.5, 0.6) is 0 Å². The van der Waals surface area contributed by atoms with Gasteiger partial charge in [-0.3, -0.25) is 14.7 Å². The second-order valence-corrected chi connectivity index (χ2v) is 8.34. The van der Waals surface area contributed by atoms with E-state index in [4.69, 9.17) is 11.6 Å². The number of benzene rings is 1. The molecule has 2 aromatic rings. The summed E-state index contributed by atoms with van der Waals surface area (Å²) in [7, 11) is 0. The number of nitrogens with zero attached hydrogens (tertiary/aromatic N) is 3. The minimum atomic E-state index is -0.188. The second kappa shape index (κ2) is 7.80. The Morgan fingerprint density at radius 3 is 2.77 bits per heavy atom. The number of amides is 1. The first-order chi connectivity index (χ1) is 12.3. The van der Waals surface area contributed by atoms with Gasteiger partial charge in [0, 0.05) is 54.0 Å². The van der Waals surface area contributed by atoms with E-state index in [-0.39, 0.29) is 11.4 Å². The summed E-state index contributed by atoms with van der Waals surface area (Å²) in [6, 6.07) is 7.93. The first kappa shape index (κ1) is 18.9. The molecule has 1 fully saturated rings. The molecule has 0 saturated carbocycles. The zero-order valence-corrected chi connectivity index (χ0v) is 16.5. The summed E-state index contributed by atoms with van der Waals surface area (Å²) >= 11 is 6.10. The quantitative estimate of drug-likeness (QED) is 0.895. The second-order valence-electron chi connectivity index (χ2n) is 7.91. The number of aromatic nitrogens is 1. The van der Waals surface area contributed by atoms with Gasteiger partial charge in [0.25, 0.3) is 0 Å². The molecule has 1 aliphatic rings. The van der Waals surface area contributed by atoms with Crippen LogP contribution in [0.2, 0.25) is 5.02 Å². The molecule has 0 spiro atoms. The molecule has 1 amide bonds. The molecule has 1 aliphatic heterocycles.